The van der Waals surface area contributed by atoms with Gasteiger partial charge in [0.05, 0.1) is 19.5 Å². The van der Waals surface area contributed by atoms with Crippen molar-refractivity contribution >= 4 is 41.4 Å². The van der Waals surface area contributed by atoms with Crippen molar-refractivity contribution in [2.45, 2.75) is 49.1 Å². The number of hydrogen-bond donors (Lipinski definition) is 4. The number of aromatic amines is 1. The maximum absolute atomic E-state index is 15.1. The normalized spacial score (nSPS) is 27.0. The zero-order valence-electron chi connectivity index (χ0n) is 27.1. The second kappa shape index (κ2) is 16.1. The Balaban J connectivity index is 1.21. The zero-order chi connectivity index (χ0) is 37.0. The first kappa shape index (κ1) is 37.4. The van der Waals surface area contributed by atoms with Gasteiger partial charge in [0, 0.05) is 24.9 Å². The van der Waals surface area contributed by atoms with Gasteiger partial charge in [-0.25, -0.2) is 30.7 Å². The van der Waals surface area contributed by atoms with E-state index in [0.717, 1.165) is 16.8 Å². The minimum Gasteiger partial charge on any atom is -0.394 e. The summed E-state index contributed by atoms with van der Waals surface area (Å²) in [6.45, 7) is 1.70. The van der Waals surface area contributed by atoms with E-state index in [4.69, 9.17) is 46.2 Å². The first-order chi connectivity index (χ1) is 25.1. The third-order valence-electron chi connectivity index (χ3n) is 8.16. The number of nitrogens with one attached hydrogen (secondary N) is 2. The largest absolute Gasteiger partial charge is 0.394 e. The molecule has 6 rings (SSSR count). The van der Waals surface area contributed by atoms with E-state index in [1.54, 1.807) is 30.3 Å². The number of aromatic nitrogens is 6. The third kappa shape index (κ3) is 7.72. The number of carbonyl (C=O) groups is 1. The van der Waals surface area contributed by atoms with Crippen LogP contribution < -0.4 is 16.6 Å². The number of ether oxygens (including phenoxy) is 3. The summed E-state index contributed by atoms with van der Waals surface area (Å²) in [5, 5.41) is 23.7. The van der Waals surface area contributed by atoms with Gasteiger partial charge in [-0.1, -0.05) is 18.2 Å². The Bertz CT molecular complexity index is 2100. The second-order valence-corrected chi connectivity index (χ2v) is 14.3. The van der Waals surface area contributed by atoms with Crippen molar-refractivity contribution in [3.05, 3.63) is 93.1 Å². The molecule has 4 N–H and O–H groups in total. The van der Waals surface area contributed by atoms with Gasteiger partial charge in [-0.05, 0) is 23.9 Å². The molecule has 276 valence electrons. The summed E-state index contributed by atoms with van der Waals surface area (Å²) in [6, 6.07) is 9.50. The number of aliphatic hydroxyl groups is 2. The average molecular weight is 763 g/mol. The van der Waals surface area contributed by atoms with Crippen molar-refractivity contribution in [3.8, 4) is 0 Å². The Morgan fingerprint density at radius 1 is 1.12 bits per heavy atom. The zero-order valence-corrected chi connectivity index (χ0v) is 28.8. The monoisotopic (exact) mass is 762 g/mol. The van der Waals surface area contributed by atoms with Gasteiger partial charge in [-0.2, -0.15) is 0 Å². The van der Waals surface area contributed by atoms with Crippen LogP contribution in [0.1, 0.15) is 22.8 Å². The summed E-state index contributed by atoms with van der Waals surface area (Å²) in [5.41, 5.74) is -0.778. The van der Waals surface area contributed by atoms with E-state index >= 15 is 4.39 Å². The average Bonchev–Trinajstić information content (AvgIpc) is 3.81. The number of hydrogen-bond acceptors (Lipinski definition) is 15. The lowest BCUT2D eigenvalue weighted by atomic mass is 10.1. The molecule has 22 heteroatoms. The molecule has 4 aromatic rings. The Hall–Kier alpha value is -4.33. The molecule has 2 aliphatic heterocycles. The van der Waals surface area contributed by atoms with E-state index in [9.17, 15) is 24.6 Å². The molecule has 5 heterocycles. The first-order valence-electron chi connectivity index (χ1n) is 15.6. The van der Waals surface area contributed by atoms with E-state index in [0.29, 0.717) is 5.56 Å². The fourth-order valence-electron chi connectivity index (χ4n) is 5.66. The summed E-state index contributed by atoms with van der Waals surface area (Å²) in [6.07, 6.45) is -7.49. The minimum atomic E-state index is -3.92. The van der Waals surface area contributed by atoms with Crippen LogP contribution in [-0.4, -0.2) is 115 Å². The molecule has 2 fully saturated rings. The van der Waals surface area contributed by atoms with Crippen LogP contribution in [0.2, 0.25) is 0 Å². The van der Waals surface area contributed by atoms with Gasteiger partial charge in [-0.15, -0.1) is 0 Å². The lowest BCUT2D eigenvalue weighted by molar-refractivity contribution is -0.0583. The SMILES string of the molecule is [C-]#[N+]CCOP(=S)(OC[C@H]1O[C@@H](n2ccc(=O)[nH]c2=O)[C@@H](F)C1O)OC1[C@@H](CO)O[C@@H](n2cnc3c(NC(=O)c4ccccc4)ncnc32)[C@H]1OC. The van der Waals surface area contributed by atoms with E-state index in [1.807, 2.05) is 4.98 Å². The lowest BCUT2D eigenvalue weighted by Gasteiger charge is -2.30. The number of aliphatic hydroxyl groups excluding tert-OH is 2. The Kier molecular flexibility index (Phi) is 11.6. The highest BCUT2D eigenvalue weighted by atomic mass is 32.5. The van der Waals surface area contributed by atoms with Crippen LogP contribution in [0.3, 0.4) is 0 Å². The summed E-state index contributed by atoms with van der Waals surface area (Å²) in [7, 11) is 1.37. The highest BCUT2D eigenvalue weighted by Gasteiger charge is 2.51. The molecule has 0 saturated carbocycles. The predicted molar refractivity (Wildman–Crippen MR) is 180 cm³/mol. The first-order valence-corrected chi connectivity index (χ1v) is 18.2. The van der Waals surface area contributed by atoms with Crippen molar-refractivity contribution < 1.29 is 47.2 Å². The smallest absolute Gasteiger partial charge is 0.330 e. The number of imidazole rings is 1. The molecule has 0 bridgehead atoms. The predicted octanol–water partition coefficient (Wildman–Crippen LogP) is 0.692. The molecule has 3 unspecified atom stereocenters. The Morgan fingerprint density at radius 3 is 2.60 bits per heavy atom. The van der Waals surface area contributed by atoms with Crippen LogP contribution in [0.25, 0.3) is 16.0 Å². The number of fused-ring (bicyclic) bond motifs is 1. The summed E-state index contributed by atoms with van der Waals surface area (Å²) in [5.74, 6) is -0.286. The number of amides is 1. The number of anilines is 1. The molecule has 19 nitrogen and oxygen atoms in total. The minimum absolute atomic E-state index is 0.123. The molecule has 1 amide bonds. The molecule has 52 heavy (non-hydrogen) atoms. The fraction of sp³-hybridized carbons (Fsp3) is 0.433. The summed E-state index contributed by atoms with van der Waals surface area (Å²) in [4.78, 5) is 54.7. The molecular formula is C30H32FN8O11PS. The number of carbonyl (C=O) groups excluding carboxylic acids is 1. The van der Waals surface area contributed by atoms with Gasteiger partial charge in [0.1, 0.15) is 43.5 Å². The van der Waals surface area contributed by atoms with E-state index in [2.05, 4.69) is 25.1 Å². The topological polar surface area (TPSA) is 228 Å². The van der Waals surface area contributed by atoms with Crippen LogP contribution in [0.15, 0.2) is 64.8 Å². The van der Waals surface area contributed by atoms with Crippen molar-refractivity contribution in [2.75, 3.05) is 38.8 Å². The number of rotatable bonds is 14. The third-order valence-corrected chi connectivity index (χ3v) is 10.5. The molecule has 0 radical (unpaired) electrons. The van der Waals surface area contributed by atoms with Gasteiger partial charge in [0.15, 0.2) is 35.6 Å². The number of nitrogens with zero attached hydrogens (tertiary/aromatic N) is 6. The Labute approximate surface area is 298 Å². The number of halogens is 1. The van der Waals surface area contributed by atoms with E-state index in [1.165, 1.54) is 24.3 Å². The maximum atomic E-state index is 15.1. The maximum Gasteiger partial charge on any atom is 0.330 e. The molecule has 1 aromatic carbocycles. The van der Waals surface area contributed by atoms with Crippen LogP contribution in [-0.2, 0) is 39.6 Å². The molecular weight excluding hydrogens is 730 g/mol. The van der Waals surface area contributed by atoms with Crippen LogP contribution in [0.4, 0.5) is 10.2 Å². The molecule has 2 aliphatic rings. The number of H-pyrrole nitrogens is 1. The van der Waals surface area contributed by atoms with Gasteiger partial charge >= 0.3 is 12.4 Å². The lowest BCUT2D eigenvalue weighted by Crippen LogP contribution is -2.37. The molecule has 0 aliphatic carbocycles. The Morgan fingerprint density at radius 2 is 1.88 bits per heavy atom. The van der Waals surface area contributed by atoms with Crippen molar-refractivity contribution in [2.24, 2.45) is 0 Å². The van der Waals surface area contributed by atoms with Gasteiger partial charge in [-0.3, -0.25) is 28.2 Å². The second-order valence-electron chi connectivity index (χ2n) is 11.4. The molecule has 0 spiro atoms. The summed E-state index contributed by atoms with van der Waals surface area (Å²) < 4.78 is 52.7. The van der Waals surface area contributed by atoms with Crippen molar-refractivity contribution in [1.82, 2.24) is 29.1 Å². The van der Waals surface area contributed by atoms with Crippen LogP contribution in [0, 0.1) is 6.57 Å². The van der Waals surface area contributed by atoms with Gasteiger partial charge in [0.25, 0.3) is 11.5 Å². The molecule has 2 saturated heterocycles. The van der Waals surface area contributed by atoms with Crippen LogP contribution >= 0.6 is 6.72 Å². The number of methoxy groups -OCH3 is 1. The number of alkyl halides is 1. The van der Waals surface area contributed by atoms with E-state index < -0.39 is 86.2 Å². The highest BCUT2D eigenvalue weighted by Crippen LogP contribution is 2.54. The van der Waals surface area contributed by atoms with Gasteiger partial charge in [0.2, 0.25) is 6.54 Å². The standard InChI is InChI=1S/C30H32FN8O11PS/c1-32-9-11-46-51(52,47-13-18-22(42)20(31)28(49-18)38-10-8-19(41)36-30(38)44)50-23-17(12-40)48-29(24(23)45-2)39-15-35-21-25(33-14-34-26(21)39)37-27(43)16-6-4-3-5-7-16/h3-8,10,14-15,17-18,20,22-24,28-29,40,42H,9,11-13H2,2H3,(H,36,41,44)(H,33,34,37,43)/t17-,18-,20+,22?,23?,24+,28-,29-,51?/m1/s1. The van der Waals surface area contributed by atoms with Crippen LogP contribution in [0.5, 0.6) is 0 Å². The summed E-state index contributed by atoms with van der Waals surface area (Å²) >= 11 is 5.67. The molecule has 3 aromatic heterocycles. The highest BCUT2D eigenvalue weighted by molar-refractivity contribution is 8.07. The van der Waals surface area contributed by atoms with Crippen molar-refractivity contribution in [3.63, 3.8) is 0 Å². The van der Waals surface area contributed by atoms with Crippen molar-refractivity contribution in [1.29, 1.82) is 0 Å². The van der Waals surface area contributed by atoms with E-state index in [-0.39, 0.29) is 30.1 Å². The molecule has 9 atom stereocenters. The van der Waals surface area contributed by atoms with Gasteiger partial charge < -0.3 is 43.6 Å². The fourth-order valence-corrected chi connectivity index (χ4v) is 7.75. The number of benzene rings is 1. The quantitative estimate of drug-likeness (QED) is 0.0788.